The Morgan fingerprint density at radius 2 is 1.97 bits per heavy atom. The summed E-state index contributed by atoms with van der Waals surface area (Å²) in [5.41, 5.74) is 4.80. The number of nitrogens with one attached hydrogen (secondary N) is 1. The second-order valence-electron chi connectivity index (χ2n) is 8.49. The molecule has 1 aliphatic heterocycles. The first-order valence-electron chi connectivity index (χ1n) is 11.6. The minimum atomic E-state index is 0.101. The highest BCUT2D eigenvalue weighted by Crippen LogP contribution is 2.27. The number of allylic oxidation sites excluding steroid dienone is 2. The highest BCUT2D eigenvalue weighted by Gasteiger charge is 2.21. The van der Waals surface area contributed by atoms with Crippen LogP contribution in [0.15, 0.2) is 71.9 Å². The number of hydrogen-bond donors (Lipinski definition) is 1. The summed E-state index contributed by atoms with van der Waals surface area (Å²) in [6.45, 7) is 4.86. The topological polar surface area (TPSA) is 81.0 Å². The Morgan fingerprint density at radius 1 is 1.12 bits per heavy atom. The Hall–Kier alpha value is -3.54. The van der Waals surface area contributed by atoms with Crippen molar-refractivity contribution in [3.05, 3.63) is 77.5 Å². The number of rotatable bonds is 7. The van der Waals surface area contributed by atoms with Gasteiger partial charge in [-0.05, 0) is 24.5 Å². The molecule has 1 aliphatic carbocycles. The van der Waals surface area contributed by atoms with E-state index >= 15 is 0 Å². The third kappa shape index (κ3) is 5.50. The van der Waals surface area contributed by atoms with Crippen molar-refractivity contribution in [2.45, 2.75) is 18.9 Å². The molecule has 172 valence electrons. The lowest BCUT2D eigenvalue weighted by Gasteiger charge is -2.35. The molecule has 1 fully saturated rings. The zero-order valence-corrected chi connectivity index (χ0v) is 19.8. The molecule has 0 amide bonds. The fourth-order valence-corrected chi connectivity index (χ4v) is 4.80. The van der Waals surface area contributed by atoms with Gasteiger partial charge in [0, 0.05) is 56.6 Å². The first-order chi connectivity index (χ1) is 16.8. The normalized spacial score (nSPS) is 18.4. The lowest BCUT2D eigenvalue weighted by molar-refractivity contribution is 0.260. The van der Waals surface area contributed by atoms with Gasteiger partial charge in [-0.3, -0.25) is 9.88 Å². The number of nitriles is 1. The van der Waals surface area contributed by atoms with Crippen LogP contribution in [0, 0.1) is 11.3 Å². The van der Waals surface area contributed by atoms with Crippen molar-refractivity contribution in [1.82, 2.24) is 19.9 Å². The molecule has 7 nitrogen and oxygen atoms in total. The van der Waals surface area contributed by atoms with Crippen molar-refractivity contribution in [2.24, 2.45) is 0 Å². The fraction of sp³-hybridized carbons (Fsp3) is 0.308. The summed E-state index contributed by atoms with van der Waals surface area (Å²) in [6.07, 6.45) is 9.53. The third-order valence-corrected chi connectivity index (χ3v) is 6.97. The molecule has 3 aromatic rings. The molecule has 1 unspecified atom stereocenters. The summed E-state index contributed by atoms with van der Waals surface area (Å²) < 4.78 is 0. The summed E-state index contributed by atoms with van der Waals surface area (Å²) in [6, 6.07) is 15.0. The van der Waals surface area contributed by atoms with E-state index in [1.54, 1.807) is 11.3 Å². The van der Waals surface area contributed by atoms with Gasteiger partial charge in [-0.1, -0.05) is 42.5 Å². The molecule has 5 rings (SSSR count). The number of aromatic nitrogens is 3. The molecule has 2 aliphatic rings. The molecular weight excluding hydrogens is 442 g/mol. The molecule has 3 heterocycles. The quantitative estimate of drug-likeness (QED) is 0.557. The van der Waals surface area contributed by atoms with Gasteiger partial charge >= 0.3 is 0 Å². The molecule has 0 spiro atoms. The molecule has 1 atom stereocenters. The maximum Gasteiger partial charge on any atom is 0.227 e. The van der Waals surface area contributed by atoms with Crippen LogP contribution in [0.4, 0.5) is 11.8 Å². The first kappa shape index (κ1) is 22.3. The fourth-order valence-electron chi connectivity index (χ4n) is 4.22. The lowest BCUT2D eigenvalue weighted by atomic mass is 10.0. The van der Waals surface area contributed by atoms with Gasteiger partial charge < -0.3 is 10.2 Å². The number of hydrogen-bond acceptors (Lipinski definition) is 8. The molecule has 2 aromatic heterocycles. The van der Waals surface area contributed by atoms with Crippen LogP contribution in [0.5, 0.6) is 0 Å². The van der Waals surface area contributed by atoms with E-state index in [1.165, 1.54) is 5.56 Å². The minimum Gasteiger partial charge on any atom is -0.363 e. The van der Waals surface area contributed by atoms with Crippen LogP contribution in [0.3, 0.4) is 0 Å². The van der Waals surface area contributed by atoms with Crippen LogP contribution in [-0.2, 0) is 6.42 Å². The van der Waals surface area contributed by atoms with Gasteiger partial charge in [-0.25, -0.2) is 4.98 Å². The Bertz CT molecular complexity index is 1190. The number of benzene rings is 1. The molecule has 34 heavy (non-hydrogen) atoms. The van der Waals surface area contributed by atoms with Crippen LogP contribution in [0.2, 0.25) is 0 Å². The summed E-state index contributed by atoms with van der Waals surface area (Å²) in [7, 11) is 0. The van der Waals surface area contributed by atoms with Crippen molar-refractivity contribution < 1.29 is 0 Å². The van der Waals surface area contributed by atoms with Crippen LogP contribution in [-0.4, -0.2) is 58.6 Å². The molecule has 1 aromatic carbocycles. The van der Waals surface area contributed by atoms with Gasteiger partial charge in [-0.2, -0.15) is 10.2 Å². The van der Waals surface area contributed by atoms with Crippen molar-refractivity contribution in [1.29, 1.82) is 5.26 Å². The summed E-state index contributed by atoms with van der Waals surface area (Å²) in [5.74, 6) is 1.55. The molecule has 8 heteroatoms. The average molecular weight is 470 g/mol. The Morgan fingerprint density at radius 3 is 2.68 bits per heavy atom. The Labute approximate surface area is 204 Å². The van der Waals surface area contributed by atoms with E-state index < -0.39 is 0 Å². The molecule has 1 saturated heterocycles. The first-order valence-corrected chi connectivity index (χ1v) is 12.5. The largest absolute Gasteiger partial charge is 0.363 e. The average Bonchev–Trinajstić information content (AvgIpc) is 3.44. The summed E-state index contributed by atoms with van der Waals surface area (Å²) in [5, 5.41) is 12.6. The van der Waals surface area contributed by atoms with E-state index in [0.717, 1.165) is 67.9 Å². The second kappa shape index (κ2) is 10.6. The van der Waals surface area contributed by atoms with E-state index in [1.807, 2.05) is 36.0 Å². The molecular formula is C26H27N7S. The number of nitrogens with zero attached hydrogens (tertiary/aromatic N) is 6. The van der Waals surface area contributed by atoms with Crippen molar-refractivity contribution in [3.8, 4) is 16.6 Å². The van der Waals surface area contributed by atoms with Crippen molar-refractivity contribution in [2.75, 3.05) is 42.9 Å². The zero-order chi connectivity index (χ0) is 23.2. The third-order valence-electron chi connectivity index (χ3n) is 6.18. The predicted octanol–water partition coefficient (Wildman–Crippen LogP) is 4.16. The SMILES string of the molecule is N#CC1=CCC(Nc2cc(-c3cncs3)nc(N3CCN(CCc4ccccc4)CC3)n2)C=C1. The Kier molecular flexibility index (Phi) is 6.94. The van der Waals surface area contributed by atoms with E-state index in [9.17, 15) is 0 Å². The number of thiazole rings is 1. The Balaban J connectivity index is 1.27. The van der Waals surface area contributed by atoms with E-state index in [2.05, 4.69) is 56.5 Å². The van der Waals surface area contributed by atoms with Crippen molar-refractivity contribution >= 4 is 23.1 Å². The zero-order valence-electron chi connectivity index (χ0n) is 19.0. The van der Waals surface area contributed by atoms with E-state index in [-0.39, 0.29) is 6.04 Å². The highest BCUT2D eigenvalue weighted by atomic mass is 32.1. The lowest BCUT2D eigenvalue weighted by Crippen LogP contribution is -2.47. The van der Waals surface area contributed by atoms with Crippen molar-refractivity contribution in [3.63, 3.8) is 0 Å². The number of anilines is 2. The van der Waals surface area contributed by atoms with Gasteiger partial charge in [0.15, 0.2) is 0 Å². The van der Waals surface area contributed by atoms with Crippen LogP contribution >= 0.6 is 11.3 Å². The standard InChI is InChI=1S/C26H27N7S/c27-17-21-6-8-22(9-7-21)29-25-16-23(24-18-28-19-34-24)30-26(31-25)33-14-12-32(13-15-33)11-10-20-4-2-1-3-5-20/h1-8,16,18-19,22H,9-15H2,(H,29,30,31). The second-order valence-corrected chi connectivity index (χ2v) is 9.37. The van der Waals surface area contributed by atoms with E-state index in [4.69, 9.17) is 15.2 Å². The highest BCUT2D eigenvalue weighted by molar-refractivity contribution is 7.13. The van der Waals surface area contributed by atoms with Gasteiger partial charge in [0.2, 0.25) is 5.95 Å². The van der Waals surface area contributed by atoms with E-state index in [0.29, 0.717) is 5.57 Å². The maximum atomic E-state index is 9.08. The van der Waals surface area contributed by atoms with Gasteiger partial charge in [0.05, 0.1) is 22.2 Å². The molecule has 0 saturated carbocycles. The molecule has 0 bridgehead atoms. The van der Waals surface area contributed by atoms with Crippen LogP contribution in [0.1, 0.15) is 12.0 Å². The minimum absolute atomic E-state index is 0.101. The smallest absolute Gasteiger partial charge is 0.227 e. The van der Waals surface area contributed by atoms with Gasteiger partial charge in [-0.15, -0.1) is 11.3 Å². The monoisotopic (exact) mass is 469 g/mol. The predicted molar refractivity (Wildman–Crippen MR) is 137 cm³/mol. The molecule has 0 radical (unpaired) electrons. The van der Waals surface area contributed by atoms with Crippen LogP contribution in [0.25, 0.3) is 10.6 Å². The van der Waals surface area contributed by atoms with Crippen LogP contribution < -0.4 is 10.2 Å². The maximum absolute atomic E-state index is 9.08. The summed E-state index contributed by atoms with van der Waals surface area (Å²) in [4.78, 5) is 19.8. The molecule has 1 N–H and O–H groups in total. The summed E-state index contributed by atoms with van der Waals surface area (Å²) >= 11 is 1.58. The number of piperazine rings is 1. The van der Waals surface area contributed by atoms with Gasteiger partial charge in [0.1, 0.15) is 5.82 Å². The van der Waals surface area contributed by atoms with Gasteiger partial charge in [0.25, 0.3) is 0 Å².